The van der Waals surface area contributed by atoms with Gasteiger partial charge < -0.3 is 15.2 Å². The number of ether oxygens (including phenoxy) is 1. The molecule has 6 aliphatic rings. The van der Waals surface area contributed by atoms with E-state index >= 15 is 0 Å². The topological polar surface area (TPSA) is 130 Å². The molecule has 5 heterocycles. The molecular formula is C40H42N4O5S. The van der Waals surface area contributed by atoms with Gasteiger partial charge in [-0.1, -0.05) is 31.5 Å². The summed E-state index contributed by atoms with van der Waals surface area (Å²) in [5.41, 5.74) is 13.1. The average Bonchev–Trinajstić information content (AvgIpc) is 3.83. The molecule has 0 spiro atoms. The molecule has 0 aromatic heterocycles. The summed E-state index contributed by atoms with van der Waals surface area (Å²) in [5, 5.41) is 15.0. The lowest BCUT2D eigenvalue weighted by Gasteiger charge is -2.17. The summed E-state index contributed by atoms with van der Waals surface area (Å²) in [4.78, 5) is 27.8. The Morgan fingerprint density at radius 1 is 0.940 bits per heavy atom. The van der Waals surface area contributed by atoms with Crippen molar-refractivity contribution in [1.82, 2.24) is 5.32 Å². The second-order valence-electron chi connectivity index (χ2n) is 13.8. The Labute approximate surface area is 293 Å². The van der Waals surface area contributed by atoms with Gasteiger partial charge in [-0.15, -0.1) is 0 Å². The molecule has 2 atom stereocenters. The number of allylic oxidation sites excluding steroid dienone is 12. The summed E-state index contributed by atoms with van der Waals surface area (Å²) >= 11 is 0. The van der Waals surface area contributed by atoms with Gasteiger partial charge in [0.25, 0.3) is 0 Å². The molecule has 1 aromatic carbocycles. The maximum absolute atomic E-state index is 13.8. The molecule has 50 heavy (non-hydrogen) atoms. The molecule has 0 unspecified atom stereocenters. The maximum atomic E-state index is 13.8. The summed E-state index contributed by atoms with van der Waals surface area (Å²) in [5.74, 6) is -0.330. The first kappa shape index (κ1) is 33.7. The molecule has 7 rings (SSSR count). The fourth-order valence-corrected chi connectivity index (χ4v) is 9.20. The first-order valence-corrected chi connectivity index (χ1v) is 18.8. The third-order valence-electron chi connectivity index (χ3n) is 10.8. The highest BCUT2D eigenvalue weighted by Crippen LogP contribution is 2.46. The Hall–Kier alpha value is -4.83. The third-order valence-corrected chi connectivity index (χ3v) is 12.4. The normalized spacial score (nSPS) is 22.9. The maximum Gasteiger partial charge on any atom is 0.305 e. The summed E-state index contributed by atoms with van der Waals surface area (Å²) in [6.07, 6.45) is 7.75. The van der Waals surface area contributed by atoms with Gasteiger partial charge in [-0.05, 0) is 98.8 Å². The third kappa shape index (κ3) is 5.59. The molecule has 1 fully saturated rings. The van der Waals surface area contributed by atoms with Crippen molar-refractivity contribution >= 4 is 32.9 Å². The lowest BCUT2D eigenvalue weighted by atomic mass is 9.86. The van der Waals surface area contributed by atoms with E-state index in [1.165, 1.54) is 7.11 Å². The smallest absolute Gasteiger partial charge is 0.305 e. The lowest BCUT2D eigenvalue weighted by Crippen LogP contribution is -2.16. The van der Waals surface area contributed by atoms with E-state index in [0.717, 1.165) is 79.6 Å². The van der Waals surface area contributed by atoms with Gasteiger partial charge in [-0.3, -0.25) is 4.79 Å². The van der Waals surface area contributed by atoms with Crippen molar-refractivity contribution in [2.45, 2.75) is 72.1 Å². The molecule has 8 bridgehead atoms. The minimum Gasteiger partial charge on any atom is -0.511 e. The van der Waals surface area contributed by atoms with Crippen LogP contribution in [0.15, 0.2) is 136 Å². The Morgan fingerprint density at radius 3 is 2.28 bits per heavy atom. The van der Waals surface area contributed by atoms with Crippen molar-refractivity contribution in [1.29, 1.82) is 0 Å². The summed E-state index contributed by atoms with van der Waals surface area (Å²) in [6, 6.07) is 6.94. The average molecular weight is 691 g/mol. The number of benzene rings is 1. The van der Waals surface area contributed by atoms with E-state index in [9.17, 15) is 18.3 Å². The molecule has 258 valence electrons. The molecule has 1 aromatic rings. The van der Waals surface area contributed by atoms with Crippen LogP contribution in [0.3, 0.4) is 0 Å². The minimum atomic E-state index is -3.70. The van der Waals surface area contributed by atoms with Crippen molar-refractivity contribution in [3.63, 3.8) is 0 Å². The highest BCUT2D eigenvalue weighted by atomic mass is 32.2. The van der Waals surface area contributed by atoms with Crippen LogP contribution in [0.25, 0.3) is 0 Å². The number of fused-ring (bicyclic) bond motifs is 5. The van der Waals surface area contributed by atoms with E-state index in [-0.39, 0.29) is 40.6 Å². The highest BCUT2D eigenvalue weighted by molar-refractivity contribution is 7.91. The zero-order valence-electron chi connectivity index (χ0n) is 29.6. The zero-order valence-corrected chi connectivity index (χ0v) is 30.4. The van der Waals surface area contributed by atoms with Gasteiger partial charge in [-0.2, -0.15) is 0 Å². The van der Waals surface area contributed by atoms with Crippen molar-refractivity contribution in [3.8, 4) is 0 Å². The number of hydrogen-bond donors (Lipinski definition) is 2. The predicted molar refractivity (Wildman–Crippen MR) is 197 cm³/mol. The number of sulfone groups is 1. The Bertz CT molecular complexity index is 2230. The number of carbonyl (C=O) groups is 1. The predicted octanol–water partition coefficient (Wildman–Crippen LogP) is 7.39. The van der Waals surface area contributed by atoms with Crippen molar-refractivity contribution in [3.05, 3.63) is 121 Å². The molecule has 0 radical (unpaired) electrons. The number of aliphatic imine (C=N–C) groups is 3. The van der Waals surface area contributed by atoms with Crippen LogP contribution in [0.5, 0.6) is 0 Å². The fraction of sp³-hybridized carbons (Fsp3) is 0.350. The number of aryl methyl sites for hydroxylation is 1. The van der Waals surface area contributed by atoms with Crippen LogP contribution in [0.2, 0.25) is 0 Å². The highest BCUT2D eigenvalue weighted by Gasteiger charge is 2.41. The second kappa shape index (κ2) is 12.5. The van der Waals surface area contributed by atoms with Crippen LogP contribution < -0.4 is 5.32 Å². The lowest BCUT2D eigenvalue weighted by molar-refractivity contribution is -0.140. The summed E-state index contributed by atoms with van der Waals surface area (Å²) < 4.78 is 32.7. The Kier molecular flexibility index (Phi) is 8.41. The van der Waals surface area contributed by atoms with Crippen LogP contribution >= 0.6 is 0 Å². The summed E-state index contributed by atoms with van der Waals surface area (Å²) in [6.45, 7) is 12.1. The van der Waals surface area contributed by atoms with Crippen molar-refractivity contribution in [2.24, 2.45) is 26.8 Å². The van der Waals surface area contributed by atoms with E-state index < -0.39 is 9.84 Å². The van der Waals surface area contributed by atoms with Gasteiger partial charge in [0.15, 0.2) is 9.84 Å². The monoisotopic (exact) mass is 690 g/mol. The number of carbonyl (C=O) groups excluding carboxylic acids is 1. The van der Waals surface area contributed by atoms with E-state index in [1.807, 2.05) is 58.1 Å². The number of esters is 1. The Morgan fingerprint density at radius 2 is 1.60 bits per heavy atom. The minimum absolute atomic E-state index is 0.0392. The number of nitrogens with zero attached hydrogens (tertiary/aromatic N) is 3. The first-order valence-electron chi connectivity index (χ1n) is 17.1. The van der Waals surface area contributed by atoms with Crippen LogP contribution in [0.1, 0.15) is 65.9 Å². The quantitative estimate of drug-likeness (QED) is 0.287. The van der Waals surface area contributed by atoms with Gasteiger partial charge in [0, 0.05) is 47.2 Å². The molecule has 5 aliphatic heterocycles. The molecule has 1 aliphatic carbocycles. The molecule has 0 saturated carbocycles. The van der Waals surface area contributed by atoms with Crippen LogP contribution in [-0.4, -0.2) is 49.5 Å². The number of methoxy groups -OCH3 is 1. The van der Waals surface area contributed by atoms with Gasteiger partial charge in [0.05, 0.1) is 52.0 Å². The van der Waals surface area contributed by atoms with E-state index in [2.05, 4.69) is 19.2 Å². The number of aliphatic hydroxyl groups is 1. The molecule has 9 nitrogen and oxygen atoms in total. The van der Waals surface area contributed by atoms with Crippen LogP contribution in [0, 0.1) is 18.8 Å². The Balaban J connectivity index is 1.43. The van der Waals surface area contributed by atoms with Gasteiger partial charge in [0.1, 0.15) is 5.76 Å². The van der Waals surface area contributed by atoms with Crippen molar-refractivity contribution < 1.29 is 23.1 Å². The SMILES string of the molecule is CCC1=C(C)C2=NC1=CC1=C(C)C3=C(O)CC(=C4NC(=CC5=NC(=C2)C(CS(=O)(=O)c2ccc(C)cc2)=C5C)[C@@H](C)[C@@H]4CCC(=O)OC)C3=N1. The van der Waals surface area contributed by atoms with Gasteiger partial charge in [0.2, 0.25) is 0 Å². The van der Waals surface area contributed by atoms with E-state index in [4.69, 9.17) is 19.7 Å². The zero-order chi connectivity index (χ0) is 35.6. The number of hydrogen-bond acceptors (Lipinski definition) is 9. The molecule has 1 saturated heterocycles. The van der Waals surface area contributed by atoms with Gasteiger partial charge >= 0.3 is 5.97 Å². The number of nitrogens with one attached hydrogen (secondary N) is 1. The largest absolute Gasteiger partial charge is 0.511 e. The summed E-state index contributed by atoms with van der Waals surface area (Å²) in [7, 11) is -2.30. The molecule has 10 heteroatoms. The first-order chi connectivity index (χ1) is 23.8. The molecule has 2 N–H and O–H groups in total. The van der Waals surface area contributed by atoms with Crippen molar-refractivity contribution in [2.75, 3.05) is 12.9 Å². The van der Waals surface area contributed by atoms with E-state index in [1.54, 1.807) is 12.1 Å². The number of rotatable bonds is 7. The van der Waals surface area contributed by atoms with Crippen LogP contribution in [-0.2, 0) is 19.4 Å². The second-order valence-corrected chi connectivity index (χ2v) is 15.8. The van der Waals surface area contributed by atoms with E-state index in [0.29, 0.717) is 29.8 Å². The standard InChI is InChI=1S/C40H42N4O5S/c1-8-26-21(3)31-17-35-29(19-50(47,48)25-11-9-20(2)10-12-25)23(5)30(42-35)16-32-22(4)27(13-14-37(46)49-7)39(43-32)28-15-36(45)38-24(6)33(44-40(28)38)18-34(26)41-31/h9-12,16-18,22,27,43,45H,8,13-15,19H2,1-7H3/t22-,27-/m0/s1. The number of aliphatic hydroxyl groups excluding tert-OH is 1. The molecular weight excluding hydrogens is 649 g/mol. The fourth-order valence-electron chi connectivity index (χ4n) is 7.73. The van der Waals surface area contributed by atoms with Gasteiger partial charge in [-0.25, -0.2) is 23.4 Å². The molecule has 0 amide bonds. The van der Waals surface area contributed by atoms with Crippen LogP contribution in [0.4, 0.5) is 0 Å².